The van der Waals surface area contributed by atoms with E-state index < -0.39 is 0 Å². The molecular weight excluding hydrogens is 196 g/mol. The Bertz CT molecular complexity index is 205. The molecule has 1 heteroatoms. The zero-order valence-electron chi connectivity index (χ0n) is 11.2. The van der Waals surface area contributed by atoms with Crippen LogP contribution in [0.15, 0.2) is 0 Å². The van der Waals surface area contributed by atoms with Crippen molar-refractivity contribution < 1.29 is 4.74 Å². The van der Waals surface area contributed by atoms with E-state index in [0.717, 1.165) is 30.3 Å². The van der Waals surface area contributed by atoms with Gasteiger partial charge in [0.25, 0.3) is 0 Å². The van der Waals surface area contributed by atoms with Gasteiger partial charge in [-0.1, -0.05) is 27.2 Å². The average molecular weight is 224 g/mol. The second-order valence-corrected chi connectivity index (χ2v) is 6.45. The van der Waals surface area contributed by atoms with E-state index in [-0.39, 0.29) is 0 Å². The van der Waals surface area contributed by atoms with E-state index in [2.05, 4.69) is 20.8 Å². The second kappa shape index (κ2) is 5.53. The van der Waals surface area contributed by atoms with Crippen LogP contribution in [0.5, 0.6) is 0 Å². The number of hydrogen-bond acceptors (Lipinski definition) is 1. The van der Waals surface area contributed by atoms with Crippen LogP contribution in [0.1, 0.15) is 59.3 Å². The van der Waals surface area contributed by atoms with Crippen molar-refractivity contribution in [3.8, 4) is 0 Å². The van der Waals surface area contributed by atoms with E-state index in [0.29, 0.717) is 6.10 Å². The average Bonchev–Trinajstić information content (AvgIpc) is 2.87. The summed E-state index contributed by atoms with van der Waals surface area (Å²) in [6, 6.07) is 0. The van der Waals surface area contributed by atoms with Gasteiger partial charge < -0.3 is 4.74 Å². The quantitative estimate of drug-likeness (QED) is 0.693. The van der Waals surface area contributed by atoms with Gasteiger partial charge in [-0.05, 0) is 55.8 Å². The monoisotopic (exact) mass is 224 g/mol. The van der Waals surface area contributed by atoms with Gasteiger partial charge in [0, 0.05) is 6.61 Å². The summed E-state index contributed by atoms with van der Waals surface area (Å²) in [7, 11) is 0. The highest BCUT2D eigenvalue weighted by Crippen LogP contribution is 2.40. The van der Waals surface area contributed by atoms with Crippen molar-refractivity contribution in [3.05, 3.63) is 0 Å². The Balaban J connectivity index is 1.73. The normalized spacial score (nSPS) is 37.1. The Morgan fingerprint density at radius 3 is 2.50 bits per heavy atom. The molecule has 16 heavy (non-hydrogen) atoms. The molecule has 0 amide bonds. The Hall–Kier alpha value is -0.0400. The van der Waals surface area contributed by atoms with Crippen molar-refractivity contribution in [1.29, 1.82) is 0 Å². The molecule has 1 saturated carbocycles. The van der Waals surface area contributed by atoms with Crippen LogP contribution >= 0.6 is 0 Å². The van der Waals surface area contributed by atoms with Gasteiger partial charge in [-0.2, -0.15) is 0 Å². The summed E-state index contributed by atoms with van der Waals surface area (Å²) < 4.78 is 5.80. The predicted molar refractivity (Wildman–Crippen MR) is 68.4 cm³/mol. The maximum atomic E-state index is 5.80. The molecule has 4 atom stereocenters. The smallest absolute Gasteiger partial charge is 0.0601 e. The van der Waals surface area contributed by atoms with Crippen LogP contribution in [-0.2, 0) is 4.74 Å². The van der Waals surface area contributed by atoms with Crippen LogP contribution in [0.2, 0.25) is 0 Å². The topological polar surface area (TPSA) is 9.23 Å². The SMILES string of the molecule is CC(C)C1CCC(CC(C)C2CCCO2)C1. The summed E-state index contributed by atoms with van der Waals surface area (Å²) in [5.41, 5.74) is 0. The van der Waals surface area contributed by atoms with Gasteiger partial charge in [0.05, 0.1) is 6.10 Å². The molecule has 0 aromatic heterocycles. The minimum Gasteiger partial charge on any atom is -0.378 e. The Kier molecular flexibility index (Phi) is 4.29. The van der Waals surface area contributed by atoms with Gasteiger partial charge in [-0.15, -0.1) is 0 Å². The second-order valence-electron chi connectivity index (χ2n) is 6.45. The van der Waals surface area contributed by atoms with Gasteiger partial charge in [-0.3, -0.25) is 0 Å². The van der Waals surface area contributed by atoms with E-state index in [1.165, 1.54) is 38.5 Å². The molecule has 2 rings (SSSR count). The lowest BCUT2D eigenvalue weighted by atomic mass is 9.87. The molecule has 2 aliphatic rings. The summed E-state index contributed by atoms with van der Waals surface area (Å²) in [6.45, 7) is 8.18. The maximum Gasteiger partial charge on any atom is 0.0601 e. The molecule has 1 nitrogen and oxygen atoms in total. The fraction of sp³-hybridized carbons (Fsp3) is 1.00. The molecular formula is C15H28O. The highest BCUT2D eigenvalue weighted by Gasteiger charge is 2.30. The van der Waals surface area contributed by atoms with Crippen LogP contribution in [0.4, 0.5) is 0 Å². The number of rotatable bonds is 4. The molecule has 0 spiro atoms. The Morgan fingerprint density at radius 2 is 1.94 bits per heavy atom. The maximum absolute atomic E-state index is 5.80. The van der Waals surface area contributed by atoms with E-state index >= 15 is 0 Å². The van der Waals surface area contributed by atoms with Gasteiger partial charge >= 0.3 is 0 Å². The molecule has 1 heterocycles. The molecule has 0 N–H and O–H groups in total. The van der Waals surface area contributed by atoms with Crippen LogP contribution in [0.3, 0.4) is 0 Å². The first-order valence-electron chi connectivity index (χ1n) is 7.28. The largest absolute Gasteiger partial charge is 0.378 e. The third-order valence-corrected chi connectivity index (χ3v) is 4.83. The predicted octanol–water partition coefficient (Wildman–Crippen LogP) is 4.26. The fourth-order valence-corrected chi connectivity index (χ4v) is 3.66. The molecule has 0 bridgehead atoms. The minimum absolute atomic E-state index is 0.582. The first-order valence-corrected chi connectivity index (χ1v) is 7.28. The van der Waals surface area contributed by atoms with Crippen molar-refractivity contribution in [2.45, 2.75) is 65.4 Å². The lowest BCUT2D eigenvalue weighted by Gasteiger charge is -2.22. The molecule has 0 aromatic rings. The molecule has 1 saturated heterocycles. The van der Waals surface area contributed by atoms with E-state index in [9.17, 15) is 0 Å². The molecule has 4 unspecified atom stereocenters. The van der Waals surface area contributed by atoms with E-state index in [1.807, 2.05) is 0 Å². The summed E-state index contributed by atoms with van der Waals surface area (Å²) >= 11 is 0. The molecule has 0 radical (unpaired) electrons. The first kappa shape index (κ1) is 12.4. The van der Waals surface area contributed by atoms with Gasteiger partial charge in [0.2, 0.25) is 0 Å². The fourth-order valence-electron chi connectivity index (χ4n) is 3.66. The van der Waals surface area contributed by atoms with Gasteiger partial charge in [-0.25, -0.2) is 0 Å². The van der Waals surface area contributed by atoms with Gasteiger partial charge in [0.15, 0.2) is 0 Å². The number of hydrogen-bond donors (Lipinski definition) is 0. The van der Waals surface area contributed by atoms with Crippen molar-refractivity contribution in [2.24, 2.45) is 23.7 Å². The van der Waals surface area contributed by atoms with E-state index in [4.69, 9.17) is 4.74 Å². The van der Waals surface area contributed by atoms with Gasteiger partial charge in [0.1, 0.15) is 0 Å². The zero-order valence-corrected chi connectivity index (χ0v) is 11.2. The third-order valence-electron chi connectivity index (χ3n) is 4.83. The van der Waals surface area contributed by atoms with Crippen molar-refractivity contribution >= 4 is 0 Å². The van der Waals surface area contributed by atoms with Crippen molar-refractivity contribution in [3.63, 3.8) is 0 Å². The summed E-state index contributed by atoms with van der Waals surface area (Å²) in [5.74, 6) is 3.68. The van der Waals surface area contributed by atoms with Crippen LogP contribution in [-0.4, -0.2) is 12.7 Å². The summed E-state index contributed by atoms with van der Waals surface area (Å²) in [6.07, 6.45) is 9.01. The Morgan fingerprint density at radius 1 is 1.12 bits per heavy atom. The lowest BCUT2D eigenvalue weighted by Crippen LogP contribution is -2.19. The minimum atomic E-state index is 0.582. The third kappa shape index (κ3) is 3.00. The highest BCUT2D eigenvalue weighted by atomic mass is 16.5. The molecule has 1 aliphatic carbocycles. The van der Waals surface area contributed by atoms with Crippen molar-refractivity contribution in [2.75, 3.05) is 6.61 Å². The molecule has 94 valence electrons. The van der Waals surface area contributed by atoms with E-state index in [1.54, 1.807) is 0 Å². The lowest BCUT2D eigenvalue weighted by molar-refractivity contribution is 0.0597. The highest BCUT2D eigenvalue weighted by molar-refractivity contribution is 4.81. The Labute approximate surface area is 101 Å². The van der Waals surface area contributed by atoms with Crippen LogP contribution < -0.4 is 0 Å². The number of ether oxygens (including phenoxy) is 1. The standard InChI is InChI=1S/C15H28O/c1-11(2)14-7-6-13(10-14)9-12(3)15-5-4-8-16-15/h11-15H,4-10H2,1-3H3. The molecule has 0 aromatic carbocycles. The summed E-state index contributed by atoms with van der Waals surface area (Å²) in [4.78, 5) is 0. The first-order chi connectivity index (χ1) is 7.66. The molecule has 1 aliphatic heterocycles. The zero-order chi connectivity index (χ0) is 11.5. The molecule has 2 fully saturated rings. The van der Waals surface area contributed by atoms with Crippen LogP contribution in [0, 0.1) is 23.7 Å². The van der Waals surface area contributed by atoms with Crippen molar-refractivity contribution in [1.82, 2.24) is 0 Å². The van der Waals surface area contributed by atoms with Crippen LogP contribution in [0.25, 0.3) is 0 Å². The summed E-state index contributed by atoms with van der Waals surface area (Å²) in [5, 5.41) is 0.